The van der Waals surface area contributed by atoms with Crippen molar-refractivity contribution < 1.29 is 14.6 Å². The van der Waals surface area contributed by atoms with Crippen molar-refractivity contribution in [3.8, 4) is 5.75 Å². The molecule has 3 heterocycles. The predicted molar refractivity (Wildman–Crippen MR) is 142 cm³/mol. The summed E-state index contributed by atoms with van der Waals surface area (Å²) in [4.78, 5) is 18.7. The van der Waals surface area contributed by atoms with Crippen LogP contribution < -0.4 is 4.74 Å². The van der Waals surface area contributed by atoms with E-state index in [9.17, 15) is 9.90 Å². The smallest absolute Gasteiger partial charge is 0.304 e. The van der Waals surface area contributed by atoms with E-state index in [4.69, 9.17) is 4.74 Å². The van der Waals surface area contributed by atoms with Gasteiger partial charge in [0, 0.05) is 50.6 Å². The quantitative estimate of drug-likeness (QED) is 0.392. The highest BCUT2D eigenvalue weighted by Crippen LogP contribution is 2.35. The van der Waals surface area contributed by atoms with Crippen LogP contribution in [0.3, 0.4) is 0 Å². The number of aromatic nitrogens is 4. The zero-order chi connectivity index (χ0) is 26.1. The van der Waals surface area contributed by atoms with Crippen LogP contribution in [0, 0.1) is 13.8 Å². The average Bonchev–Trinajstić information content (AvgIpc) is 3.16. The SMILES string of the molecule is CCC1CN(Cc2cc(C(CC(=O)O)c3ccc4c(nnn4C)c3C)ccc2C)Cc2cnccc2O1. The third-order valence-electron chi connectivity index (χ3n) is 7.47. The van der Waals surface area contributed by atoms with Gasteiger partial charge in [-0.1, -0.05) is 36.4 Å². The Labute approximate surface area is 216 Å². The maximum atomic E-state index is 12.0. The maximum absolute atomic E-state index is 12.0. The first-order valence-electron chi connectivity index (χ1n) is 12.8. The van der Waals surface area contributed by atoms with Gasteiger partial charge in [0.1, 0.15) is 17.4 Å². The van der Waals surface area contributed by atoms with E-state index in [0.29, 0.717) is 0 Å². The topological polar surface area (TPSA) is 93.4 Å². The van der Waals surface area contributed by atoms with Crippen molar-refractivity contribution in [3.05, 3.63) is 82.2 Å². The van der Waals surface area contributed by atoms with E-state index in [2.05, 4.69) is 52.2 Å². The first-order chi connectivity index (χ1) is 17.8. The van der Waals surface area contributed by atoms with Gasteiger partial charge in [-0.25, -0.2) is 4.68 Å². The summed E-state index contributed by atoms with van der Waals surface area (Å²) in [7, 11) is 1.86. The summed E-state index contributed by atoms with van der Waals surface area (Å²) in [6.45, 7) is 8.58. The molecule has 0 amide bonds. The summed E-state index contributed by atoms with van der Waals surface area (Å²) < 4.78 is 8.00. The monoisotopic (exact) mass is 499 g/mol. The highest BCUT2D eigenvalue weighted by molar-refractivity contribution is 5.80. The van der Waals surface area contributed by atoms with E-state index >= 15 is 0 Å². The molecule has 0 radical (unpaired) electrons. The Bertz CT molecular complexity index is 1450. The molecular formula is C29H33N5O3. The minimum Gasteiger partial charge on any atom is -0.489 e. The van der Waals surface area contributed by atoms with Crippen LogP contribution in [0.25, 0.3) is 11.0 Å². The lowest BCUT2D eigenvalue weighted by Gasteiger charge is -2.25. The molecule has 192 valence electrons. The summed E-state index contributed by atoms with van der Waals surface area (Å²) in [5.41, 5.74) is 8.14. The molecule has 4 aromatic rings. The number of fused-ring (bicyclic) bond motifs is 2. The van der Waals surface area contributed by atoms with E-state index in [1.807, 2.05) is 38.4 Å². The van der Waals surface area contributed by atoms with Crippen molar-refractivity contribution in [1.82, 2.24) is 24.9 Å². The molecule has 0 bridgehead atoms. The third-order valence-corrected chi connectivity index (χ3v) is 7.47. The molecule has 0 saturated heterocycles. The lowest BCUT2D eigenvalue weighted by molar-refractivity contribution is -0.137. The lowest BCUT2D eigenvalue weighted by atomic mass is 9.84. The number of carboxylic acids is 1. The summed E-state index contributed by atoms with van der Waals surface area (Å²) in [6.07, 6.45) is 4.69. The number of hydrogen-bond donors (Lipinski definition) is 1. The minimum atomic E-state index is -0.828. The summed E-state index contributed by atoms with van der Waals surface area (Å²) in [6, 6.07) is 12.3. The van der Waals surface area contributed by atoms with E-state index < -0.39 is 5.97 Å². The molecule has 2 atom stereocenters. The van der Waals surface area contributed by atoms with Crippen LogP contribution in [-0.2, 0) is 24.9 Å². The Kier molecular flexibility index (Phi) is 6.93. The molecule has 2 aromatic carbocycles. The van der Waals surface area contributed by atoms with E-state index in [1.165, 1.54) is 11.1 Å². The van der Waals surface area contributed by atoms with Crippen molar-refractivity contribution in [1.29, 1.82) is 0 Å². The highest BCUT2D eigenvalue weighted by atomic mass is 16.5. The van der Waals surface area contributed by atoms with Crippen molar-refractivity contribution in [2.45, 2.75) is 58.7 Å². The summed E-state index contributed by atoms with van der Waals surface area (Å²) in [5, 5.41) is 18.3. The van der Waals surface area contributed by atoms with Crippen LogP contribution in [0.4, 0.5) is 0 Å². The van der Waals surface area contributed by atoms with Gasteiger partial charge in [-0.3, -0.25) is 14.7 Å². The van der Waals surface area contributed by atoms with Crippen molar-refractivity contribution in [2.75, 3.05) is 6.54 Å². The average molecular weight is 500 g/mol. The Balaban J connectivity index is 1.50. The Morgan fingerprint density at radius 3 is 2.84 bits per heavy atom. The fourth-order valence-corrected chi connectivity index (χ4v) is 5.32. The van der Waals surface area contributed by atoms with Crippen molar-refractivity contribution in [2.24, 2.45) is 7.05 Å². The number of ether oxygens (including phenoxy) is 1. The Morgan fingerprint density at radius 2 is 2.05 bits per heavy atom. The lowest BCUT2D eigenvalue weighted by Crippen LogP contribution is -2.32. The molecule has 8 heteroatoms. The number of carbonyl (C=O) groups is 1. The number of pyridine rings is 1. The van der Waals surface area contributed by atoms with Gasteiger partial charge in [0.05, 0.1) is 11.9 Å². The Morgan fingerprint density at radius 1 is 1.22 bits per heavy atom. The van der Waals surface area contributed by atoms with Gasteiger partial charge in [0.2, 0.25) is 0 Å². The number of nitrogens with zero attached hydrogens (tertiary/aromatic N) is 5. The molecule has 5 rings (SSSR count). The van der Waals surface area contributed by atoms with Gasteiger partial charge < -0.3 is 9.84 Å². The summed E-state index contributed by atoms with van der Waals surface area (Å²) >= 11 is 0. The van der Waals surface area contributed by atoms with Gasteiger partial charge in [-0.05, 0) is 60.2 Å². The molecule has 1 aliphatic heterocycles. The molecule has 1 aliphatic rings. The molecule has 37 heavy (non-hydrogen) atoms. The van der Waals surface area contributed by atoms with Gasteiger partial charge in [-0.2, -0.15) is 0 Å². The zero-order valence-corrected chi connectivity index (χ0v) is 21.8. The van der Waals surface area contributed by atoms with Crippen LogP contribution in [0.2, 0.25) is 0 Å². The first-order valence-corrected chi connectivity index (χ1v) is 12.8. The zero-order valence-electron chi connectivity index (χ0n) is 21.8. The van der Waals surface area contributed by atoms with E-state index in [-0.39, 0.29) is 18.4 Å². The molecule has 0 saturated carbocycles. The Hall–Kier alpha value is -3.78. The standard InChI is InChI=1S/C29H33N5O3/c1-5-23-17-34(16-22-14-30-11-10-27(22)37-23)15-21-12-20(7-6-18(21)2)25(13-28(35)36)24-8-9-26-29(19(24)3)31-32-33(26)4/h6-12,14,23,25H,5,13,15-17H2,1-4H3,(H,35,36). The fraction of sp³-hybridized carbons (Fsp3) is 0.379. The van der Waals surface area contributed by atoms with Gasteiger partial charge >= 0.3 is 5.97 Å². The second kappa shape index (κ2) is 10.3. The molecule has 2 unspecified atom stereocenters. The van der Waals surface area contributed by atoms with Crippen LogP contribution in [-0.4, -0.2) is 48.6 Å². The molecule has 8 nitrogen and oxygen atoms in total. The highest BCUT2D eigenvalue weighted by Gasteiger charge is 2.25. The van der Waals surface area contributed by atoms with Gasteiger partial charge in [-0.15, -0.1) is 5.10 Å². The molecular weight excluding hydrogens is 466 g/mol. The predicted octanol–water partition coefficient (Wildman–Crippen LogP) is 4.76. The van der Waals surface area contributed by atoms with Crippen LogP contribution in [0.1, 0.15) is 59.1 Å². The van der Waals surface area contributed by atoms with Crippen LogP contribution in [0.15, 0.2) is 48.8 Å². The largest absolute Gasteiger partial charge is 0.489 e. The summed E-state index contributed by atoms with van der Waals surface area (Å²) in [5.74, 6) is -0.208. The van der Waals surface area contributed by atoms with Gasteiger partial charge in [0.15, 0.2) is 0 Å². The van der Waals surface area contributed by atoms with Crippen molar-refractivity contribution >= 4 is 17.0 Å². The third kappa shape index (κ3) is 5.06. The minimum absolute atomic E-state index is 0.00359. The fourth-order valence-electron chi connectivity index (χ4n) is 5.32. The molecule has 1 N–H and O–H groups in total. The number of hydrogen-bond acceptors (Lipinski definition) is 6. The molecule has 0 aliphatic carbocycles. The van der Waals surface area contributed by atoms with Crippen molar-refractivity contribution in [3.63, 3.8) is 0 Å². The van der Waals surface area contributed by atoms with E-state index in [1.54, 1.807) is 10.9 Å². The van der Waals surface area contributed by atoms with Gasteiger partial charge in [0.25, 0.3) is 0 Å². The molecule has 0 spiro atoms. The normalized spacial score (nSPS) is 16.7. The molecule has 2 aromatic heterocycles. The molecule has 0 fully saturated rings. The maximum Gasteiger partial charge on any atom is 0.304 e. The van der Waals surface area contributed by atoms with E-state index in [0.717, 1.165) is 65.1 Å². The second-order valence-corrected chi connectivity index (χ2v) is 10.00. The van der Waals surface area contributed by atoms with Crippen LogP contribution >= 0.6 is 0 Å². The number of benzene rings is 2. The van der Waals surface area contributed by atoms with Crippen LogP contribution in [0.5, 0.6) is 5.75 Å². The number of aliphatic carboxylic acids is 1. The second-order valence-electron chi connectivity index (χ2n) is 10.00. The number of carboxylic acid groups (broad SMARTS) is 1. The first kappa shape index (κ1) is 24.9. The number of aryl methyl sites for hydroxylation is 3. The number of rotatable bonds is 7.